The smallest absolute Gasteiger partial charge is 0.243 e. The molecule has 0 aliphatic heterocycles. The van der Waals surface area contributed by atoms with Crippen LogP contribution < -0.4 is 5.32 Å². The maximum Gasteiger partial charge on any atom is 0.243 e. The van der Waals surface area contributed by atoms with Gasteiger partial charge in [-0.15, -0.1) is 10.2 Å². The first kappa shape index (κ1) is 14.5. The van der Waals surface area contributed by atoms with Gasteiger partial charge < -0.3 is 5.32 Å². The Kier molecular flexibility index (Phi) is 4.68. The molecule has 0 radical (unpaired) electrons. The standard InChI is InChI=1S/C13H16ClN5O/c1-9(2)7-15-12(20)8-19-17-13(16-18-19)10-5-3-4-6-11(10)14/h3-6,9H,7-8H2,1-2H3,(H,15,20). The van der Waals surface area contributed by atoms with E-state index in [0.717, 1.165) is 0 Å². The van der Waals surface area contributed by atoms with E-state index in [-0.39, 0.29) is 12.5 Å². The van der Waals surface area contributed by atoms with Crippen LogP contribution in [0.5, 0.6) is 0 Å². The van der Waals surface area contributed by atoms with E-state index in [0.29, 0.717) is 28.9 Å². The summed E-state index contributed by atoms with van der Waals surface area (Å²) in [5.41, 5.74) is 0.697. The van der Waals surface area contributed by atoms with Crippen LogP contribution in [0.3, 0.4) is 0 Å². The Labute approximate surface area is 122 Å². The zero-order valence-electron chi connectivity index (χ0n) is 11.4. The molecule has 1 aromatic carbocycles. The molecular formula is C13H16ClN5O. The Morgan fingerprint density at radius 1 is 1.40 bits per heavy atom. The first-order valence-electron chi connectivity index (χ1n) is 6.35. The molecule has 0 aliphatic rings. The molecule has 1 heterocycles. The van der Waals surface area contributed by atoms with E-state index >= 15 is 0 Å². The van der Waals surface area contributed by atoms with Gasteiger partial charge in [0, 0.05) is 12.1 Å². The van der Waals surface area contributed by atoms with Crippen LogP contribution in [-0.2, 0) is 11.3 Å². The second kappa shape index (κ2) is 6.47. The van der Waals surface area contributed by atoms with Gasteiger partial charge >= 0.3 is 0 Å². The number of hydrogen-bond acceptors (Lipinski definition) is 4. The predicted octanol–water partition coefficient (Wildman–Crippen LogP) is 1.77. The molecule has 0 fully saturated rings. The number of carbonyl (C=O) groups excluding carboxylic acids is 1. The van der Waals surface area contributed by atoms with Crippen molar-refractivity contribution in [1.29, 1.82) is 0 Å². The Balaban J connectivity index is 2.03. The molecule has 2 aromatic rings. The number of aromatic nitrogens is 4. The van der Waals surface area contributed by atoms with Crippen LogP contribution >= 0.6 is 11.6 Å². The third-order valence-corrected chi connectivity index (χ3v) is 2.89. The van der Waals surface area contributed by atoms with Gasteiger partial charge in [-0.2, -0.15) is 4.80 Å². The Hall–Kier alpha value is -1.95. The molecule has 1 aromatic heterocycles. The molecule has 6 nitrogen and oxygen atoms in total. The van der Waals surface area contributed by atoms with Crippen LogP contribution in [0.1, 0.15) is 13.8 Å². The predicted molar refractivity (Wildman–Crippen MR) is 76.1 cm³/mol. The number of nitrogens with one attached hydrogen (secondary N) is 1. The number of rotatable bonds is 5. The van der Waals surface area contributed by atoms with E-state index in [9.17, 15) is 4.79 Å². The van der Waals surface area contributed by atoms with Gasteiger partial charge in [-0.25, -0.2) is 0 Å². The van der Waals surface area contributed by atoms with Crippen LogP contribution in [0.4, 0.5) is 0 Å². The van der Waals surface area contributed by atoms with Gasteiger partial charge in [-0.1, -0.05) is 37.6 Å². The largest absolute Gasteiger partial charge is 0.354 e. The molecule has 7 heteroatoms. The summed E-state index contributed by atoms with van der Waals surface area (Å²) in [4.78, 5) is 12.9. The lowest BCUT2D eigenvalue weighted by Crippen LogP contribution is -2.31. The molecule has 0 atom stereocenters. The topological polar surface area (TPSA) is 72.7 Å². The number of amides is 1. The molecule has 0 bridgehead atoms. The zero-order chi connectivity index (χ0) is 14.5. The molecule has 0 saturated carbocycles. The highest BCUT2D eigenvalue weighted by Crippen LogP contribution is 2.23. The number of hydrogen-bond donors (Lipinski definition) is 1. The molecular weight excluding hydrogens is 278 g/mol. The molecule has 0 unspecified atom stereocenters. The number of carbonyl (C=O) groups is 1. The molecule has 20 heavy (non-hydrogen) atoms. The maximum atomic E-state index is 11.7. The quantitative estimate of drug-likeness (QED) is 0.912. The van der Waals surface area contributed by atoms with E-state index in [1.165, 1.54) is 4.80 Å². The lowest BCUT2D eigenvalue weighted by Gasteiger charge is -2.06. The van der Waals surface area contributed by atoms with E-state index in [1.807, 2.05) is 32.0 Å². The normalized spacial score (nSPS) is 10.8. The summed E-state index contributed by atoms with van der Waals surface area (Å²) in [5, 5.41) is 15.3. The Morgan fingerprint density at radius 3 is 2.85 bits per heavy atom. The van der Waals surface area contributed by atoms with Crippen LogP contribution in [0.2, 0.25) is 5.02 Å². The van der Waals surface area contributed by atoms with Gasteiger partial charge in [0.1, 0.15) is 6.54 Å². The van der Waals surface area contributed by atoms with Crippen molar-refractivity contribution in [3.05, 3.63) is 29.3 Å². The Bertz CT molecular complexity index is 596. The van der Waals surface area contributed by atoms with Crippen LogP contribution in [0.25, 0.3) is 11.4 Å². The third kappa shape index (κ3) is 3.77. The van der Waals surface area contributed by atoms with Crippen molar-refractivity contribution < 1.29 is 4.79 Å². The fourth-order valence-corrected chi connectivity index (χ4v) is 1.78. The lowest BCUT2D eigenvalue weighted by atomic mass is 10.2. The number of tetrazole rings is 1. The summed E-state index contributed by atoms with van der Waals surface area (Å²) in [6.45, 7) is 4.74. The van der Waals surface area contributed by atoms with Gasteiger partial charge in [-0.3, -0.25) is 4.79 Å². The van der Waals surface area contributed by atoms with E-state index in [2.05, 4.69) is 20.7 Å². The van der Waals surface area contributed by atoms with Crippen molar-refractivity contribution >= 4 is 17.5 Å². The highest BCUT2D eigenvalue weighted by Gasteiger charge is 2.11. The fraction of sp³-hybridized carbons (Fsp3) is 0.385. The molecule has 0 aliphatic carbocycles. The molecule has 0 spiro atoms. The van der Waals surface area contributed by atoms with Crippen molar-refractivity contribution in [2.45, 2.75) is 20.4 Å². The van der Waals surface area contributed by atoms with E-state index in [1.54, 1.807) is 6.07 Å². The van der Waals surface area contributed by atoms with E-state index in [4.69, 9.17) is 11.6 Å². The summed E-state index contributed by atoms with van der Waals surface area (Å²) in [6, 6.07) is 7.24. The van der Waals surface area contributed by atoms with Crippen LogP contribution in [-0.4, -0.2) is 32.7 Å². The highest BCUT2D eigenvalue weighted by atomic mass is 35.5. The fourth-order valence-electron chi connectivity index (χ4n) is 1.56. The number of halogens is 1. The number of nitrogens with zero attached hydrogens (tertiary/aromatic N) is 4. The highest BCUT2D eigenvalue weighted by molar-refractivity contribution is 6.33. The minimum atomic E-state index is -0.137. The first-order valence-corrected chi connectivity index (χ1v) is 6.73. The van der Waals surface area contributed by atoms with Gasteiger partial charge in [0.2, 0.25) is 11.7 Å². The van der Waals surface area contributed by atoms with Gasteiger partial charge in [0.05, 0.1) is 5.02 Å². The number of benzene rings is 1. The monoisotopic (exact) mass is 293 g/mol. The molecule has 0 saturated heterocycles. The summed E-state index contributed by atoms with van der Waals surface area (Å²) >= 11 is 6.06. The second-order valence-electron chi connectivity index (χ2n) is 4.82. The van der Waals surface area contributed by atoms with Crippen molar-refractivity contribution in [1.82, 2.24) is 25.5 Å². The zero-order valence-corrected chi connectivity index (χ0v) is 12.1. The lowest BCUT2D eigenvalue weighted by molar-refractivity contribution is -0.122. The minimum absolute atomic E-state index is 0.0458. The van der Waals surface area contributed by atoms with Crippen LogP contribution in [0.15, 0.2) is 24.3 Å². The molecule has 2 rings (SSSR count). The van der Waals surface area contributed by atoms with Crippen LogP contribution in [0, 0.1) is 5.92 Å². The SMILES string of the molecule is CC(C)CNC(=O)Cn1nnc(-c2ccccc2Cl)n1. The van der Waals surface area contributed by atoms with Crippen molar-refractivity contribution in [3.63, 3.8) is 0 Å². The maximum absolute atomic E-state index is 11.7. The third-order valence-electron chi connectivity index (χ3n) is 2.56. The summed E-state index contributed by atoms with van der Waals surface area (Å²) < 4.78 is 0. The summed E-state index contributed by atoms with van der Waals surface area (Å²) in [5.74, 6) is 0.676. The van der Waals surface area contributed by atoms with Crippen molar-refractivity contribution in [2.75, 3.05) is 6.54 Å². The van der Waals surface area contributed by atoms with Gasteiger partial charge in [-0.05, 0) is 23.3 Å². The Morgan fingerprint density at radius 2 is 2.15 bits per heavy atom. The average molecular weight is 294 g/mol. The second-order valence-corrected chi connectivity index (χ2v) is 5.23. The molecule has 1 amide bonds. The average Bonchev–Trinajstić information content (AvgIpc) is 2.85. The van der Waals surface area contributed by atoms with Crippen molar-refractivity contribution in [3.8, 4) is 11.4 Å². The summed E-state index contributed by atoms with van der Waals surface area (Å²) in [6.07, 6.45) is 0. The molecule has 1 N–H and O–H groups in total. The van der Waals surface area contributed by atoms with Gasteiger partial charge in [0.25, 0.3) is 0 Å². The minimum Gasteiger partial charge on any atom is -0.354 e. The first-order chi connectivity index (χ1) is 9.56. The summed E-state index contributed by atoms with van der Waals surface area (Å²) in [7, 11) is 0. The molecule has 106 valence electrons. The van der Waals surface area contributed by atoms with Gasteiger partial charge in [0.15, 0.2) is 0 Å². The van der Waals surface area contributed by atoms with Crippen molar-refractivity contribution in [2.24, 2.45) is 5.92 Å². The van der Waals surface area contributed by atoms with E-state index < -0.39 is 0 Å².